The van der Waals surface area contributed by atoms with Gasteiger partial charge in [-0.05, 0) is 50.1 Å². The first-order chi connectivity index (χ1) is 9.34. The summed E-state index contributed by atoms with van der Waals surface area (Å²) >= 11 is 1.78. The SMILES string of the molecule is Cl.O=C(CCC1CCCN1)N1CCCC1c1cccs1. The van der Waals surface area contributed by atoms with E-state index < -0.39 is 0 Å². The van der Waals surface area contributed by atoms with Crippen molar-refractivity contribution in [3.63, 3.8) is 0 Å². The molecule has 1 aromatic heterocycles. The Kier molecular flexibility index (Phi) is 5.87. The second kappa shape index (κ2) is 7.43. The lowest BCUT2D eigenvalue weighted by molar-refractivity contribution is -0.132. The Labute approximate surface area is 131 Å². The monoisotopic (exact) mass is 314 g/mol. The van der Waals surface area contributed by atoms with Gasteiger partial charge >= 0.3 is 0 Å². The minimum Gasteiger partial charge on any atom is -0.335 e. The molecule has 1 aromatic rings. The number of hydrogen-bond acceptors (Lipinski definition) is 3. The molecule has 2 atom stereocenters. The number of halogens is 1. The smallest absolute Gasteiger partial charge is 0.223 e. The third-order valence-electron chi connectivity index (χ3n) is 4.31. The zero-order chi connectivity index (χ0) is 13.1. The highest BCUT2D eigenvalue weighted by Crippen LogP contribution is 2.35. The largest absolute Gasteiger partial charge is 0.335 e. The van der Waals surface area contributed by atoms with Gasteiger partial charge in [0.1, 0.15) is 0 Å². The molecule has 112 valence electrons. The molecule has 20 heavy (non-hydrogen) atoms. The molecule has 0 spiro atoms. The van der Waals surface area contributed by atoms with Crippen molar-refractivity contribution in [2.24, 2.45) is 0 Å². The summed E-state index contributed by atoms with van der Waals surface area (Å²) in [7, 11) is 0. The summed E-state index contributed by atoms with van der Waals surface area (Å²) in [6, 6.07) is 5.18. The molecule has 1 amide bonds. The fourth-order valence-corrected chi connectivity index (χ4v) is 4.16. The van der Waals surface area contributed by atoms with Gasteiger partial charge in [-0.3, -0.25) is 4.79 Å². The van der Waals surface area contributed by atoms with Gasteiger partial charge in [-0.25, -0.2) is 0 Å². The highest BCUT2D eigenvalue weighted by atomic mass is 35.5. The lowest BCUT2D eigenvalue weighted by Gasteiger charge is -2.24. The Morgan fingerprint density at radius 3 is 3.00 bits per heavy atom. The molecule has 2 unspecified atom stereocenters. The number of thiophene rings is 1. The van der Waals surface area contributed by atoms with Crippen molar-refractivity contribution in [3.8, 4) is 0 Å². The molecule has 0 aliphatic carbocycles. The van der Waals surface area contributed by atoms with Crippen LogP contribution in [-0.4, -0.2) is 29.9 Å². The Morgan fingerprint density at radius 1 is 1.40 bits per heavy atom. The summed E-state index contributed by atoms with van der Waals surface area (Å²) in [6.07, 6.45) is 6.50. The van der Waals surface area contributed by atoms with Crippen molar-refractivity contribution < 1.29 is 4.79 Å². The van der Waals surface area contributed by atoms with Crippen LogP contribution in [0.1, 0.15) is 49.4 Å². The number of amides is 1. The number of carbonyl (C=O) groups is 1. The number of rotatable bonds is 4. The molecule has 3 nitrogen and oxygen atoms in total. The van der Waals surface area contributed by atoms with Crippen LogP contribution in [0.5, 0.6) is 0 Å². The van der Waals surface area contributed by atoms with Gasteiger partial charge in [0, 0.05) is 23.9 Å². The fourth-order valence-electron chi connectivity index (χ4n) is 3.29. The maximum absolute atomic E-state index is 12.4. The molecule has 0 bridgehead atoms. The van der Waals surface area contributed by atoms with Gasteiger partial charge in [0.2, 0.25) is 5.91 Å². The standard InChI is InChI=1S/C15H22N2OS.ClH/c18-15(8-7-12-4-1-9-16-12)17-10-2-5-13(17)14-6-3-11-19-14;/h3,6,11-13,16H,1-2,4-5,7-10H2;1H. The van der Waals surface area contributed by atoms with Gasteiger partial charge in [0.05, 0.1) is 6.04 Å². The van der Waals surface area contributed by atoms with Crippen LogP contribution in [0.2, 0.25) is 0 Å². The van der Waals surface area contributed by atoms with Crippen molar-refractivity contribution in [3.05, 3.63) is 22.4 Å². The van der Waals surface area contributed by atoms with Gasteiger partial charge in [-0.2, -0.15) is 0 Å². The first-order valence-electron chi connectivity index (χ1n) is 7.41. The van der Waals surface area contributed by atoms with E-state index in [0.717, 1.165) is 32.4 Å². The zero-order valence-corrected chi connectivity index (χ0v) is 13.3. The minimum absolute atomic E-state index is 0. The number of likely N-dealkylation sites (tertiary alicyclic amines) is 1. The van der Waals surface area contributed by atoms with Crippen molar-refractivity contribution in [1.29, 1.82) is 0 Å². The van der Waals surface area contributed by atoms with E-state index in [-0.39, 0.29) is 12.4 Å². The molecule has 1 N–H and O–H groups in total. The lowest BCUT2D eigenvalue weighted by atomic mass is 10.1. The summed E-state index contributed by atoms with van der Waals surface area (Å²) in [5, 5.41) is 5.58. The molecular formula is C15H23ClN2OS. The van der Waals surface area contributed by atoms with E-state index in [4.69, 9.17) is 0 Å². The molecule has 2 saturated heterocycles. The highest BCUT2D eigenvalue weighted by molar-refractivity contribution is 7.10. The molecule has 5 heteroatoms. The Bertz CT molecular complexity index is 418. The van der Waals surface area contributed by atoms with Gasteiger partial charge in [0.15, 0.2) is 0 Å². The second-order valence-electron chi connectivity index (χ2n) is 5.59. The summed E-state index contributed by atoms with van der Waals surface area (Å²) < 4.78 is 0. The molecule has 3 heterocycles. The van der Waals surface area contributed by atoms with E-state index in [0.29, 0.717) is 24.4 Å². The molecule has 2 aliphatic heterocycles. The number of hydrogen-bond donors (Lipinski definition) is 1. The first-order valence-corrected chi connectivity index (χ1v) is 8.29. The molecule has 0 aromatic carbocycles. The van der Waals surface area contributed by atoms with Gasteiger partial charge in [-0.1, -0.05) is 6.07 Å². The number of carbonyl (C=O) groups excluding carboxylic acids is 1. The molecule has 0 radical (unpaired) electrons. The first kappa shape index (κ1) is 15.8. The summed E-state index contributed by atoms with van der Waals surface area (Å²) in [5.41, 5.74) is 0. The lowest BCUT2D eigenvalue weighted by Crippen LogP contribution is -2.31. The summed E-state index contributed by atoms with van der Waals surface area (Å²) in [6.45, 7) is 2.07. The van der Waals surface area contributed by atoms with E-state index in [2.05, 4.69) is 27.7 Å². The van der Waals surface area contributed by atoms with E-state index in [1.54, 1.807) is 11.3 Å². The Morgan fingerprint density at radius 2 is 2.30 bits per heavy atom. The van der Waals surface area contributed by atoms with Crippen LogP contribution in [0.25, 0.3) is 0 Å². The summed E-state index contributed by atoms with van der Waals surface area (Å²) in [5.74, 6) is 0.351. The normalized spacial score (nSPS) is 25.7. The van der Waals surface area contributed by atoms with Crippen LogP contribution >= 0.6 is 23.7 Å². The van der Waals surface area contributed by atoms with Crippen molar-refractivity contribution in [1.82, 2.24) is 10.2 Å². The quantitative estimate of drug-likeness (QED) is 0.924. The zero-order valence-electron chi connectivity index (χ0n) is 11.7. The third kappa shape index (κ3) is 3.54. The van der Waals surface area contributed by atoms with Crippen LogP contribution in [-0.2, 0) is 4.79 Å². The summed E-state index contributed by atoms with van der Waals surface area (Å²) in [4.78, 5) is 15.9. The van der Waals surface area contributed by atoms with E-state index in [1.165, 1.54) is 17.7 Å². The van der Waals surface area contributed by atoms with Crippen LogP contribution < -0.4 is 5.32 Å². The van der Waals surface area contributed by atoms with E-state index in [9.17, 15) is 4.79 Å². The Hall–Kier alpha value is -0.580. The number of nitrogens with one attached hydrogen (secondary N) is 1. The van der Waals surface area contributed by atoms with Gasteiger partial charge in [0.25, 0.3) is 0 Å². The van der Waals surface area contributed by atoms with E-state index >= 15 is 0 Å². The molecule has 2 aliphatic rings. The minimum atomic E-state index is 0. The van der Waals surface area contributed by atoms with Crippen LogP contribution in [0.15, 0.2) is 17.5 Å². The third-order valence-corrected chi connectivity index (χ3v) is 5.29. The molecule has 2 fully saturated rings. The predicted octanol–water partition coefficient (Wildman–Crippen LogP) is 3.37. The van der Waals surface area contributed by atoms with E-state index in [1.807, 2.05) is 0 Å². The maximum atomic E-state index is 12.4. The Balaban J connectivity index is 0.00000147. The van der Waals surface area contributed by atoms with Crippen LogP contribution in [0.3, 0.4) is 0 Å². The average molecular weight is 315 g/mol. The fraction of sp³-hybridized carbons (Fsp3) is 0.667. The van der Waals surface area contributed by atoms with Crippen LogP contribution in [0, 0.1) is 0 Å². The van der Waals surface area contributed by atoms with Crippen molar-refractivity contribution in [2.45, 2.75) is 50.6 Å². The number of nitrogens with zero attached hydrogens (tertiary/aromatic N) is 1. The predicted molar refractivity (Wildman–Crippen MR) is 85.5 cm³/mol. The topological polar surface area (TPSA) is 32.3 Å². The van der Waals surface area contributed by atoms with Gasteiger partial charge < -0.3 is 10.2 Å². The molecule has 0 saturated carbocycles. The van der Waals surface area contributed by atoms with Gasteiger partial charge in [-0.15, -0.1) is 23.7 Å². The average Bonchev–Trinajstić information content (AvgIpc) is 3.14. The maximum Gasteiger partial charge on any atom is 0.223 e. The van der Waals surface area contributed by atoms with Crippen molar-refractivity contribution >= 4 is 29.7 Å². The molecule has 3 rings (SSSR count). The second-order valence-corrected chi connectivity index (χ2v) is 6.57. The van der Waals surface area contributed by atoms with Crippen molar-refractivity contribution in [2.75, 3.05) is 13.1 Å². The molecular weight excluding hydrogens is 292 g/mol. The highest BCUT2D eigenvalue weighted by Gasteiger charge is 2.30. The van der Waals surface area contributed by atoms with Crippen LogP contribution in [0.4, 0.5) is 0 Å².